The van der Waals surface area contributed by atoms with Gasteiger partial charge in [-0.3, -0.25) is 0 Å². The predicted octanol–water partition coefficient (Wildman–Crippen LogP) is 3.05. The van der Waals surface area contributed by atoms with E-state index >= 15 is 0 Å². The summed E-state index contributed by atoms with van der Waals surface area (Å²) < 4.78 is 5.58. The highest BCUT2D eigenvalue weighted by Crippen LogP contribution is 2.09. The van der Waals surface area contributed by atoms with E-state index in [4.69, 9.17) is 15.7 Å². The second-order valence-electron chi connectivity index (χ2n) is 5.19. The summed E-state index contributed by atoms with van der Waals surface area (Å²) in [6.07, 6.45) is 4.77. The third kappa shape index (κ3) is 7.61. The lowest BCUT2D eigenvalue weighted by Crippen LogP contribution is -2.33. The molecule has 0 spiro atoms. The summed E-state index contributed by atoms with van der Waals surface area (Å²) in [5.41, 5.74) is 6.41. The number of benzene rings is 1. The van der Waals surface area contributed by atoms with Gasteiger partial charge in [0.1, 0.15) is 5.54 Å². The summed E-state index contributed by atoms with van der Waals surface area (Å²) >= 11 is 0. The van der Waals surface area contributed by atoms with Gasteiger partial charge < -0.3 is 10.5 Å². The zero-order valence-corrected chi connectivity index (χ0v) is 11.8. The Labute approximate surface area is 116 Å². The van der Waals surface area contributed by atoms with E-state index < -0.39 is 5.54 Å². The molecule has 0 saturated heterocycles. The number of hydrogen-bond donors (Lipinski definition) is 1. The van der Waals surface area contributed by atoms with Crippen molar-refractivity contribution in [2.24, 2.45) is 5.73 Å². The summed E-state index contributed by atoms with van der Waals surface area (Å²) in [6.45, 7) is 3.33. The lowest BCUT2D eigenvalue weighted by molar-refractivity contribution is 0.127. The van der Waals surface area contributed by atoms with Crippen LogP contribution in [-0.2, 0) is 11.2 Å². The first-order chi connectivity index (χ1) is 9.14. The Morgan fingerprint density at radius 3 is 2.53 bits per heavy atom. The lowest BCUT2D eigenvalue weighted by atomic mass is 9.98. The summed E-state index contributed by atoms with van der Waals surface area (Å²) in [5.74, 6) is 0. The molecule has 0 amide bonds. The van der Waals surface area contributed by atoms with E-state index in [-0.39, 0.29) is 0 Å². The molecule has 1 aromatic rings. The summed E-state index contributed by atoms with van der Waals surface area (Å²) in [5, 5.41) is 8.77. The Bertz CT molecular complexity index is 381. The summed E-state index contributed by atoms with van der Waals surface area (Å²) in [4.78, 5) is 0. The highest BCUT2D eigenvalue weighted by molar-refractivity contribution is 5.14. The molecule has 0 aromatic heterocycles. The van der Waals surface area contributed by atoms with Gasteiger partial charge in [0.15, 0.2) is 0 Å². The molecule has 1 rings (SSSR count). The minimum atomic E-state index is -0.687. The molecule has 19 heavy (non-hydrogen) atoms. The molecule has 2 N–H and O–H groups in total. The van der Waals surface area contributed by atoms with Gasteiger partial charge in [-0.25, -0.2) is 0 Å². The van der Waals surface area contributed by atoms with Crippen LogP contribution in [0, 0.1) is 11.3 Å². The standard InChI is InChI=1S/C16H24N2O/c1-16(18,14-17)11-5-6-12-19-13-7-10-15-8-3-2-4-9-15/h2-4,8-9H,5-7,10-13,18H2,1H3. The van der Waals surface area contributed by atoms with Gasteiger partial charge in [0.25, 0.3) is 0 Å². The van der Waals surface area contributed by atoms with Gasteiger partial charge in [-0.05, 0) is 44.6 Å². The van der Waals surface area contributed by atoms with Gasteiger partial charge in [-0.15, -0.1) is 0 Å². The van der Waals surface area contributed by atoms with Crippen LogP contribution in [-0.4, -0.2) is 18.8 Å². The zero-order chi connectivity index (χ0) is 14.0. The molecule has 0 aliphatic carbocycles. The van der Waals surface area contributed by atoms with Crippen LogP contribution in [0.15, 0.2) is 30.3 Å². The van der Waals surface area contributed by atoms with Gasteiger partial charge >= 0.3 is 0 Å². The molecular formula is C16H24N2O. The summed E-state index contributed by atoms with van der Waals surface area (Å²) in [6, 6.07) is 12.6. The van der Waals surface area contributed by atoms with Crippen LogP contribution in [0.1, 0.15) is 38.2 Å². The fraction of sp³-hybridized carbons (Fsp3) is 0.562. The summed E-state index contributed by atoms with van der Waals surface area (Å²) in [7, 11) is 0. The molecule has 0 saturated carbocycles. The molecule has 1 aromatic carbocycles. The molecule has 0 fully saturated rings. The van der Waals surface area contributed by atoms with Crippen LogP contribution in [0.2, 0.25) is 0 Å². The van der Waals surface area contributed by atoms with Crippen LogP contribution in [0.3, 0.4) is 0 Å². The number of nitrogens with two attached hydrogens (primary N) is 1. The maximum absolute atomic E-state index is 8.77. The van der Waals surface area contributed by atoms with Crippen molar-refractivity contribution in [3.8, 4) is 6.07 Å². The number of aryl methyl sites for hydroxylation is 1. The van der Waals surface area contributed by atoms with Crippen molar-refractivity contribution in [1.29, 1.82) is 5.26 Å². The monoisotopic (exact) mass is 260 g/mol. The number of nitriles is 1. The molecule has 104 valence electrons. The molecule has 3 heteroatoms. The number of unbranched alkanes of at least 4 members (excludes halogenated alkanes) is 1. The first kappa shape index (κ1) is 15.7. The fourth-order valence-corrected chi connectivity index (χ4v) is 1.88. The van der Waals surface area contributed by atoms with E-state index in [2.05, 4.69) is 30.3 Å². The Morgan fingerprint density at radius 2 is 1.84 bits per heavy atom. The van der Waals surface area contributed by atoms with Crippen LogP contribution in [0.25, 0.3) is 0 Å². The Balaban J connectivity index is 1.94. The number of rotatable bonds is 9. The third-order valence-corrected chi connectivity index (χ3v) is 3.09. The highest BCUT2D eigenvalue weighted by atomic mass is 16.5. The first-order valence-electron chi connectivity index (χ1n) is 6.96. The van der Waals surface area contributed by atoms with Crippen LogP contribution >= 0.6 is 0 Å². The minimum Gasteiger partial charge on any atom is -0.381 e. The van der Waals surface area contributed by atoms with E-state index in [1.54, 1.807) is 6.92 Å². The zero-order valence-electron chi connectivity index (χ0n) is 11.8. The number of ether oxygens (including phenoxy) is 1. The Morgan fingerprint density at radius 1 is 1.16 bits per heavy atom. The second-order valence-corrected chi connectivity index (χ2v) is 5.19. The van der Waals surface area contributed by atoms with E-state index in [9.17, 15) is 0 Å². The van der Waals surface area contributed by atoms with E-state index in [0.29, 0.717) is 0 Å². The molecule has 1 atom stereocenters. The predicted molar refractivity (Wildman–Crippen MR) is 77.6 cm³/mol. The fourth-order valence-electron chi connectivity index (χ4n) is 1.88. The van der Waals surface area contributed by atoms with Gasteiger partial charge in [-0.2, -0.15) is 5.26 Å². The van der Waals surface area contributed by atoms with Crippen molar-refractivity contribution in [3.05, 3.63) is 35.9 Å². The normalized spacial score (nSPS) is 13.7. The molecule has 0 aliphatic rings. The maximum Gasteiger partial charge on any atom is 0.101 e. The quantitative estimate of drug-likeness (QED) is 0.694. The molecule has 0 bridgehead atoms. The molecule has 0 aliphatic heterocycles. The van der Waals surface area contributed by atoms with Crippen molar-refractivity contribution in [3.63, 3.8) is 0 Å². The van der Waals surface area contributed by atoms with Crippen molar-refractivity contribution in [2.75, 3.05) is 13.2 Å². The topological polar surface area (TPSA) is 59.0 Å². The third-order valence-electron chi connectivity index (χ3n) is 3.09. The maximum atomic E-state index is 8.77. The first-order valence-corrected chi connectivity index (χ1v) is 6.96. The molecule has 0 heterocycles. The Kier molecular flexibility index (Phi) is 7.17. The molecule has 3 nitrogen and oxygen atoms in total. The van der Waals surface area contributed by atoms with Crippen molar-refractivity contribution in [2.45, 2.75) is 44.6 Å². The molecule has 1 unspecified atom stereocenters. The minimum absolute atomic E-state index is 0.687. The van der Waals surface area contributed by atoms with Gasteiger partial charge in [0.05, 0.1) is 6.07 Å². The van der Waals surface area contributed by atoms with Crippen molar-refractivity contribution >= 4 is 0 Å². The largest absolute Gasteiger partial charge is 0.381 e. The number of nitrogens with zero attached hydrogens (tertiary/aromatic N) is 1. The van der Waals surface area contributed by atoms with Crippen molar-refractivity contribution < 1.29 is 4.74 Å². The van der Waals surface area contributed by atoms with E-state index in [0.717, 1.165) is 45.3 Å². The van der Waals surface area contributed by atoms with Gasteiger partial charge in [-0.1, -0.05) is 30.3 Å². The Hall–Kier alpha value is -1.37. The van der Waals surface area contributed by atoms with Gasteiger partial charge in [0.2, 0.25) is 0 Å². The van der Waals surface area contributed by atoms with Crippen LogP contribution < -0.4 is 5.73 Å². The van der Waals surface area contributed by atoms with Crippen molar-refractivity contribution in [1.82, 2.24) is 0 Å². The second kappa shape index (κ2) is 8.68. The van der Waals surface area contributed by atoms with E-state index in [1.165, 1.54) is 5.56 Å². The average Bonchev–Trinajstić information content (AvgIpc) is 2.43. The molecule has 0 radical (unpaired) electrons. The van der Waals surface area contributed by atoms with Crippen LogP contribution in [0.5, 0.6) is 0 Å². The number of hydrogen-bond acceptors (Lipinski definition) is 3. The average molecular weight is 260 g/mol. The lowest BCUT2D eigenvalue weighted by Gasteiger charge is -2.14. The SMILES string of the molecule is CC(N)(C#N)CCCCOCCCc1ccccc1. The van der Waals surface area contributed by atoms with Crippen LogP contribution in [0.4, 0.5) is 0 Å². The molecular weight excluding hydrogens is 236 g/mol. The van der Waals surface area contributed by atoms with E-state index in [1.807, 2.05) is 6.07 Å². The smallest absolute Gasteiger partial charge is 0.101 e. The van der Waals surface area contributed by atoms with Gasteiger partial charge in [0, 0.05) is 13.2 Å². The highest BCUT2D eigenvalue weighted by Gasteiger charge is 2.15.